The third-order valence-electron chi connectivity index (χ3n) is 4.10. The molecule has 21 heavy (non-hydrogen) atoms. The molecule has 1 aromatic rings. The van der Waals surface area contributed by atoms with E-state index in [-0.39, 0.29) is 11.9 Å². The van der Waals surface area contributed by atoms with Crippen LogP contribution >= 0.6 is 11.6 Å². The zero-order chi connectivity index (χ0) is 15.1. The van der Waals surface area contributed by atoms with Crippen LogP contribution in [-0.4, -0.2) is 30.4 Å². The van der Waals surface area contributed by atoms with Crippen molar-refractivity contribution in [3.63, 3.8) is 0 Å². The largest absolute Gasteiger partial charge is 0.343 e. The molecule has 0 radical (unpaired) electrons. The minimum Gasteiger partial charge on any atom is -0.343 e. The summed E-state index contributed by atoms with van der Waals surface area (Å²) in [5.41, 5.74) is 1.19. The summed E-state index contributed by atoms with van der Waals surface area (Å²) in [6.07, 6.45) is 5.13. The van der Waals surface area contributed by atoms with Crippen molar-refractivity contribution in [1.29, 1.82) is 0 Å². The Morgan fingerprint density at radius 2 is 2.10 bits per heavy atom. The van der Waals surface area contributed by atoms with Crippen molar-refractivity contribution in [3.8, 4) is 0 Å². The first-order chi connectivity index (χ1) is 10.2. The van der Waals surface area contributed by atoms with Crippen molar-refractivity contribution in [2.75, 3.05) is 19.6 Å². The first-order valence-corrected chi connectivity index (χ1v) is 8.35. The Hall–Kier alpha value is -1.06. The number of carbonyl (C=O) groups excluding carboxylic acids is 1. The fourth-order valence-corrected chi connectivity index (χ4v) is 3.07. The molecule has 1 aliphatic rings. The van der Waals surface area contributed by atoms with Gasteiger partial charge in [-0.15, -0.1) is 0 Å². The van der Waals surface area contributed by atoms with E-state index in [1.165, 1.54) is 12.0 Å². The topological polar surface area (TPSA) is 32.3 Å². The number of rotatable bonds is 6. The van der Waals surface area contributed by atoms with Crippen molar-refractivity contribution in [1.82, 2.24) is 10.2 Å². The maximum atomic E-state index is 12.1. The smallest absolute Gasteiger partial charge is 0.223 e. The molecular weight excluding hydrogens is 284 g/mol. The lowest BCUT2D eigenvalue weighted by Gasteiger charge is -2.27. The molecule has 1 aromatic carbocycles. The molecule has 0 bridgehead atoms. The number of hydrogen-bond donors (Lipinski definition) is 1. The highest BCUT2D eigenvalue weighted by Crippen LogP contribution is 2.20. The lowest BCUT2D eigenvalue weighted by Crippen LogP contribution is -2.37. The lowest BCUT2D eigenvalue weighted by molar-refractivity contribution is -0.132. The molecule has 1 saturated heterocycles. The van der Waals surface area contributed by atoms with Crippen LogP contribution in [0, 0.1) is 0 Å². The first-order valence-electron chi connectivity index (χ1n) is 7.97. The summed E-state index contributed by atoms with van der Waals surface area (Å²) < 4.78 is 0. The van der Waals surface area contributed by atoms with E-state index in [9.17, 15) is 4.79 Å². The highest BCUT2D eigenvalue weighted by molar-refractivity contribution is 6.30. The van der Waals surface area contributed by atoms with Crippen LogP contribution in [0.15, 0.2) is 24.3 Å². The number of halogens is 1. The molecule has 0 spiro atoms. The molecule has 0 aromatic heterocycles. The minimum atomic E-state index is 0.262. The van der Waals surface area contributed by atoms with Gasteiger partial charge in [0.25, 0.3) is 0 Å². The molecule has 1 amide bonds. The SMILES string of the molecule is CCC(NCCC(=O)N1CCCCC1)c1cccc(Cl)c1. The predicted molar refractivity (Wildman–Crippen MR) is 87.5 cm³/mol. The summed E-state index contributed by atoms with van der Waals surface area (Å²) >= 11 is 6.04. The number of benzene rings is 1. The van der Waals surface area contributed by atoms with Crippen LogP contribution in [0.3, 0.4) is 0 Å². The van der Waals surface area contributed by atoms with Gasteiger partial charge in [0.05, 0.1) is 0 Å². The fraction of sp³-hybridized carbons (Fsp3) is 0.588. The van der Waals surface area contributed by atoms with Gasteiger partial charge >= 0.3 is 0 Å². The van der Waals surface area contributed by atoms with Crippen LogP contribution in [0.4, 0.5) is 0 Å². The van der Waals surface area contributed by atoms with Gasteiger partial charge in [-0.25, -0.2) is 0 Å². The van der Waals surface area contributed by atoms with Crippen LogP contribution in [0.2, 0.25) is 5.02 Å². The Morgan fingerprint density at radius 1 is 1.33 bits per heavy atom. The number of amides is 1. The van der Waals surface area contributed by atoms with Crippen LogP contribution in [0.5, 0.6) is 0 Å². The van der Waals surface area contributed by atoms with Gasteiger partial charge in [-0.1, -0.05) is 30.7 Å². The normalized spacial score (nSPS) is 16.8. The Bertz CT molecular complexity index is 458. The van der Waals surface area contributed by atoms with Gasteiger partial charge in [0, 0.05) is 37.1 Å². The Morgan fingerprint density at radius 3 is 2.76 bits per heavy atom. The van der Waals surface area contributed by atoms with Crippen molar-refractivity contribution in [2.24, 2.45) is 0 Å². The van der Waals surface area contributed by atoms with Crippen molar-refractivity contribution >= 4 is 17.5 Å². The van der Waals surface area contributed by atoms with Crippen molar-refractivity contribution in [3.05, 3.63) is 34.9 Å². The molecule has 1 unspecified atom stereocenters. The van der Waals surface area contributed by atoms with Gasteiger partial charge in [0.1, 0.15) is 0 Å². The van der Waals surface area contributed by atoms with Gasteiger partial charge in [0.15, 0.2) is 0 Å². The third kappa shape index (κ3) is 5.01. The average Bonchev–Trinajstić information content (AvgIpc) is 2.52. The van der Waals surface area contributed by atoms with E-state index in [1.807, 2.05) is 23.1 Å². The monoisotopic (exact) mass is 308 g/mol. The molecule has 3 nitrogen and oxygen atoms in total. The summed E-state index contributed by atoms with van der Waals surface area (Å²) in [6.45, 7) is 4.74. The van der Waals surface area contributed by atoms with E-state index < -0.39 is 0 Å². The minimum absolute atomic E-state index is 0.262. The molecule has 1 heterocycles. The summed E-state index contributed by atoms with van der Waals surface area (Å²) in [5, 5.41) is 4.24. The number of piperidine rings is 1. The molecule has 1 fully saturated rings. The molecule has 2 rings (SSSR count). The number of nitrogens with one attached hydrogen (secondary N) is 1. The Kier molecular flexibility index (Phi) is 6.52. The highest BCUT2D eigenvalue weighted by Gasteiger charge is 2.16. The maximum Gasteiger partial charge on any atom is 0.223 e. The molecule has 1 aliphatic heterocycles. The number of carbonyl (C=O) groups is 1. The first kappa shape index (κ1) is 16.3. The quantitative estimate of drug-likeness (QED) is 0.867. The second-order valence-corrected chi connectivity index (χ2v) is 6.10. The van der Waals surface area contributed by atoms with Crippen molar-refractivity contribution in [2.45, 2.75) is 45.1 Å². The van der Waals surface area contributed by atoms with E-state index in [1.54, 1.807) is 0 Å². The van der Waals surface area contributed by atoms with Gasteiger partial charge in [-0.2, -0.15) is 0 Å². The molecule has 1 N–H and O–H groups in total. The van der Waals surface area contributed by atoms with Crippen LogP contribution < -0.4 is 5.32 Å². The molecule has 4 heteroatoms. The molecule has 1 atom stereocenters. The van der Waals surface area contributed by atoms with Gasteiger partial charge in [-0.3, -0.25) is 4.79 Å². The van der Waals surface area contributed by atoms with Crippen LogP contribution in [-0.2, 0) is 4.79 Å². The summed E-state index contributed by atoms with van der Waals surface area (Å²) in [6, 6.07) is 8.20. The van der Waals surface area contributed by atoms with Gasteiger partial charge in [0.2, 0.25) is 5.91 Å². The Balaban J connectivity index is 1.79. The standard InChI is InChI=1S/C17H25ClN2O/c1-2-16(14-7-6-8-15(18)13-14)19-10-9-17(21)20-11-4-3-5-12-20/h6-8,13,16,19H,2-5,9-12H2,1H3. The second-order valence-electron chi connectivity index (χ2n) is 5.66. The van der Waals surface area contributed by atoms with E-state index in [0.717, 1.165) is 43.9 Å². The molecule has 116 valence electrons. The number of nitrogens with zero attached hydrogens (tertiary/aromatic N) is 1. The zero-order valence-electron chi connectivity index (χ0n) is 12.8. The maximum absolute atomic E-state index is 12.1. The van der Waals surface area contributed by atoms with E-state index in [2.05, 4.69) is 18.3 Å². The van der Waals surface area contributed by atoms with Crippen LogP contribution in [0.25, 0.3) is 0 Å². The van der Waals surface area contributed by atoms with Crippen LogP contribution in [0.1, 0.15) is 50.6 Å². The molecular formula is C17H25ClN2O. The molecule has 0 aliphatic carbocycles. The zero-order valence-corrected chi connectivity index (χ0v) is 13.5. The average molecular weight is 309 g/mol. The summed E-state index contributed by atoms with van der Waals surface area (Å²) in [7, 11) is 0. The van der Waals surface area contributed by atoms with Gasteiger partial charge < -0.3 is 10.2 Å². The summed E-state index contributed by atoms with van der Waals surface area (Å²) in [5.74, 6) is 0.281. The lowest BCUT2D eigenvalue weighted by atomic mass is 10.0. The number of hydrogen-bond acceptors (Lipinski definition) is 2. The van der Waals surface area contributed by atoms with E-state index in [0.29, 0.717) is 6.42 Å². The summed E-state index contributed by atoms with van der Waals surface area (Å²) in [4.78, 5) is 14.1. The van der Waals surface area contributed by atoms with E-state index >= 15 is 0 Å². The highest BCUT2D eigenvalue weighted by atomic mass is 35.5. The van der Waals surface area contributed by atoms with Crippen molar-refractivity contribution < 1.29 is 4.79 Å². The molecule has 0 saturated carbocycles. The van der Waals surface area contributed by atoms with Gasteiger partial charge in [-0.05, 0) is 43.4 Å². The Labute approximate surface area is 132 Å². The predicted octanol–water partition coefficient (Wildman–Crippen LogP) is 3.78. The van der Waals surface area contributed by atoms with E-state index in [4.69, 9.17) is 11.6 Å². The second kappa shape index (κ2) is 8.40. The number of likely N-dealkylation sites (tertiary alicyclic amines) is 1. The third-order valence-corrected chi connectivity index (χ3v) is 4.33. The fourth-order valence-electron chi connectivity index (χ4n) is 2.88.